The van der Waals surface area contributed by atoms with Crippen molar-refractivity contribution in [2.75, 3.05) is 5.32 Å². The van der Waals surface area contributed by atoms with Crippen LogP contribution < -0.4 is 5.32 Å². The fourth-order valence-corrected chi connectivity index (χ4v) is 2.46. The fourth-order valence-electron chi connectivity index (χ4n) is 1.98. The highest BCUT2D eigenvalue weighted by Gasteiger charge is 2.08. The zero-order chi connectivity index (χ0) is 14.2. The van der Waals surface area contributed by atoms with E-state index in [0.29, 0.717) is 6.54 Å². The lowest BCUT2D eigenvalue weighted by molar-refractivity contribution is 0.476. The largest absolute Gasteiger partial charge is 0.505 e. The number of nitrogens with zero attached hydrogens (tertiary/aromatic N) is 1. The van der Waals surface area contributed by atoms with Crippen LogP contribution in [0.4, 0.5) is 5.69 Å². The summed E-state index contributed by atoms with van der Waals surface area (Å²) in [6, 6.07) is 5.47. The Labute approximate surface area is 122 Å². The van der Waals surface area contributed by atoms with Crippen molar-refractivity contribution in [3.8, 4) is 5.75 Å². The van der Waals surface area contributed by atoms with Crippen LogP contribution in [0, 0.1) is 13.8 Å². The third kappa shape index (κ3) is 2.82. The van der Waals surface area contributed by atoms with E-state index in [2.05, 4.69) is 29.8 Å². The van der Waals surface area contributed by atoms with Crippen molar-refractivity contribution in [3.05, 3.63) is 45.2 Å². The molecule has 3 nitrogen and oxygen atoms in total. The van der Waals surface area contributed by atoms with Crippen LogP contribution in [0.2, 0.25) is 10.0 Å². The molecule has 0 amide bonds. The van der Waals surface area contributed by atoms with Crippen molar-refractivity contribution in [2.45, 2.75) is 20.4 Å². The molecule has 0 aliphatic rings. The van der Waals surface area contributed by atoms with Gasteiger partial charge in [-0.1, -0.05) is 23.2 Å². The Morgan fingerprint density at radius 1 is 1.16 bits per heavy atom. The maximum atomic E-state index is 9.50. The van der Waals surface area contributed by atoms with E-state index in [-0.39, 0.29) is 15.8 Å². The maximum Gasteiger partial charge on any atom is 0.152 e. The molecule has 2 aromatic rings. The molecule has 0 saturated carbocycles. The summed E-state index contributed by atoms with van der Waals surface area (Å²) in [6.07, 6.45) is 0. The molecule has 2 rings (SSSR count). The second-order valence-electron chi connectivity index (χ2n) is 4.60. The van der Waals surface area contributed by atoms with Gasteiger partial charge in [-0.3, -0.25) is 0 Å². The van der Waals surface area contributed by atoms with Gasteiger partial charge in [-0.2, -0.15) is 0 Å². The molecule has 0 spiro atoms. The van der Waals surface area contributed by atoms with Gasteiger partial charge >= 0.3 is 0 Å². The summed E-state index contributed by atoms with van der Waals surface area (Å²) < 4.78 is 2.15. The van der Waals surface area contributed by atoms with Crippen molar-refractivity contribution in [1.29, 1.82) is 0 Å². The zero-order valence-corrected chi connectivity index (χ0v) is 12.6. The highest BCUT2D eigenvalue weighted by molar-refractivity contribution is 6.37. The molecular weight excluding hydrogens is 283 g/mol. The number of aromatic nitrogens is 1. The molecular formula is C14H16Cl2N2O. The van der Waals surface area contributed by atoms with Crippen LogP contribution in [0.1, 0.15) is 17.0 Å². The van der Waals surface area contributed by atoms with Crippen LogP contribution in [0.5, 0.6) is 5.75 Å². The minimum absolute atomic E-state index is 0.0828. The summed E-state index contributed by atoms with van der Waals surface area (Å²) >= 11 is 11.8. The normalized spacial score (nSPS) is 10.8. The van der Waals surface area contributed by atoms with Gasteiger partial charge in [0, 0.05) is 30.7 Å². The number of halogens is 2. The Hall–Kier alpha value is -1.32. The first-order chi connectivity index (χ1) is 8.90. The lowest BCUT2D eigenvalue weighted by Crippen LogP contribution is -2.01. The summed E-state index contributed by atoms with van der Waals surface area (Å²) in [4.78, 5) is 0. The number of aromatic hydroxyl groups is 1. The highest BCUT2D eigenvalue weighted by atomic mass is 35.5. The average Bonchev–Trinajstić information content (AvgIpc) is 2.61. The van der Waals surface area contributed by atoms with Gasteiger partial charge in [0.1, 0.15) is 0 Å². The molecule has 0 bridgehead atoms. The van der Waals surface area contributed by atoms with E-state index in [4.69, 9.17) is 23.2 Å². The zero-order valence-electron chi connectivity index (χ0n) is 11.1. The number of hydrogen-bond acceptors (Lipinski definition) is 2. The standard InChI is InChI=1S/C14H16Cl2N2O/c1-8-4-10(9(2)18(8)3)7-17-11-5-12(15)14(19)13(16)6-11/h4-6,17,19H,7H2,1-3H3. The van der Waals surface area contributed by atoms with Crippen molar-refractivity contribution in [3.63, 3.8) is 0 Å². The Morgan fingerprint density at radius 2 is 1.74 bits per heavy atom. The van der Waals surface area contributed by atoms with Gasteiger partial charge in [0.2, 0.25) is 0 Å². The molecule has 1 aromatic heterocycles. The molecule has 0 atom stereocenters. The van der Waals surface area contributed by atoms with Crippen molar-refractivity contribution < 1.29 is 5.11 Å². The van der Waals surface area contributed by atoms with E-state index >= 15 is 0 Å². The molecule has 0 aliphatic carbocycles. The number of rotatable bonds is 3. The Kier molecular flexibility index (Phi) is 3.97. The molecule has 19 heavy (non-hydrogen) atoms. The minimum atomic E-state index is -0.0828. The molecule has 2 N–H and O–H groups in total. The second kappa shape index (κ2) is 5.35. The molecule has 0 aliphatic heterocycles. The first-order valence-corrected chi connectivity index (χ1v) is 6.69. The van der Waals surface area contributed by atoms with Gasteiger partial charge in [0.25, 0.3) is 0 Å². The summed E-state index contributed by atoms with van der Waals surface area (Å²) in [5.41, 5.74) is 4.45. The van der Waals surface area contributed by atoms with Gasteiger partial charge in [-0.05, 0) is 37.6 Å². The summed E-state index contributed by atoms with van der Waals surface area (Å²) in [6.45, 7) is 4.84. The number of benzene rings is 1. The van der Waals surface area contributed by atoms with Gasteiger partial charge in [-0.25, -0.2) is 0 Å². The van der Waals surface area contributed by atoms with E-state index in [9.17, 15) is 5.11 Å². The smallest absolute Gasteiger partial charge is 0.152 e. The van der Waals surface area contributed by atoms with Crippen molar-refractivity contribution in [1.82, 2.24) is 4.57 Å². The second-order valence-corrected chi connectivity index (χ2v) is 5.41. The molecule has 0 saturated heterocycles. The van der Waals surface area contributed by atoms with Crippen LogP contribution in [0.25, 0.3) is 0 Å². The molecule has 1 heterocycles. The van der Waals surface area contributed by atoms with E-state index in [1.807, 2.05) is 7.05 Å². The Morgan fingerprint density at radius 3 is 2.21 bits per heavy atom. The Balaban J connectivity index is 2.17. The van der Waals surface area contributed by atoms with E-state index in [1.165, 1.54) is 17.0 Å². The number of nitrogens with one attached hydrogen (secondary N) is 1. The number of aryl methyl sites for hydroxylation is 1. The van der Waals surface area contributed by atoms with Crippen LogP contribution in [-0.4, -0.2) is 9.67 Å². The lowest BCUT2D eigenvalue weighted by atomic mass is 10.2. The van der Waals surface area contributed by atoms with Crippen LogP contribution in [-0.2, 0) is 13.6 Å². The summed E-state index contributed by atoms with van der Waals surface area (Å²) in [7, 11) is 2.04. The summed E-state index contributed by atoms with van der Waals surface area (Å²) in [5.74, 6) is -0.0828. The van der Waals surface area contributed by atoms with Gasteiger partial charge < -0.3 is 15.0 Å². The quantitative estimate of drug-likeness (QED) is 0.831. The molecule has 0 fully saturated rings. The molecule has 0 radical (unpaired) electrons. The van der Waals surface area contributed by atoms with E-state index in [0.717, 1.165) is 5.69 Å². The Bertz CT molecular complexity index is 597. The molecule has 102 valence electrons. The van der Waals surface area contributed by atoms with Crippen molar-refractivity contribution >= 4 is 28.9 Å². The van der Waals surface area contributed by atoms with Crippen LogP contribution >= 0.6 is 23.2 Å². The first kappa shape index (κ1) is 14.1. The van der Waals surface area contributed by atoms with E-state index in [1.54, 1.807) is 12.1 Å². The number of hydrogen-bond donors (Lipinski definition) is 2. The van der Waals surface area contributed by atoms with Crippen molar-refractivity contribution in [2.24, 2.45) is 7.05 Å². The SMILES string of the molecule is Cc1cc(CNc2cc(Cl)c(O)c(Cl)c2)c(C)n1C. The summed E-state index contributed by atoms with van der Waals surface area (Å²) in [5, 5.41) is 13.3. The number of anilines is 1. The highest BCUT2D eigenvalue weighted by Crippen LogP contribution is 2.34. The maximum absolute atomic E-state index is 9.50. The predicted molar refractivity (Wildman–Crippen MR) is 80.3 cm³/mol. The average molecular weight is 299 g/mol. The molecule has 0 unspecified atom stereocenters. The monoisotopic (exact) mass is 298 g/mol. The number of phenols is 1. The molecule has 5 heteroatoms. The third-order valence-electron chi connectivity index (χ3n) is 3.38. The predicted octanol–water partition coefficient (Wildman–Crippen LogP) is 4.27. The van der Waals surface area contributed by atoms with Gasteiger partial charge in [-0.15, -0.1) is 0 Å². The topological polar surface area (TPSA) is 37.2 Å². The molecule has 1 aromatic carbocycles. The van der Waals surface area contributed by atoms with Crippen LogP contribution in [0.3, 0.4) is 0 Å². The first-order valence-electron chi connectivity index (χ1n) is 5.94. The number of phenolic OH excluding ortho intramolecular Hbond substituents is 1. The lowest BCUT2D eigenvalue weighted by Gasteiger charge is -2.09. The minimum Gasteiger partial charge on any atom is -0.505 e. The fraction of sp³-hybridized carbons (Fsp3) is 0.286. The van der Waals surface area contributed by atoms with Gasteiger partial charge in [0.15, 0.2) is 5.75 Å². The third-order valence-corrected chi connectivity index (χ3v) is 3.96. The van der Waals surface area contributed by atoms with E-state index < -0.39 is 0 Å². The van der Waals surface area contributed by atoms with Gasteiger partial charge in [0.05, 0.1) is 10.0 Å². The van der Waals surface area contributed by atoms with Crippen LogP contribution in [0.15, 0.2) is 18.2 Å².